The molecule has 2 fully saturated rings. The molecule has 2 rings (SSSR count). The van der Waals surface area contributed by atoms with Crippen molar-refractivity contribution in [1.82, 2.24) is 16.0 Å². The van der Waals surface area contributed by atoms with Crippen molar-refractivity contribution in [2.75, 3.05) is 13.1 Å². The molecule has 3 N–H and O–H groups in total. The van der Waals surface area contributed by atoms with E-state index in [2.05, 4.69) is 16.0 Å². The average Bonchev–Trinajstić information content (AvgIpc) is 3.18. The molecule has 0 spiro atoms. The van der Waals surface area contributed by atoms with Crippen LogP contribution in [0.3, 0.4) is 0 Å². The summed E-state index contributed by atoms with van der Waals surface area (Å²) in [6.07, 6.45) is 6.74. The summed E-state index contributed by atoms with van der Waals surface area (Å²) in [6.45, 7) is 7.79. The Labute approximate surface area is 128 Å². The quantitative estimate of drug-likeness (QED) is 0.658. The van der Waals surface area contributed by atoms with Crippen LogP contribution in [-0.4, -0.2) is 42.9 Å². The van der Waals surface area contributed by atoms with E-state index in [1.807, 2.05) is 20.8 Å². The Bertz CT molecular complexity index is 329. The van der Waals surface area contributed by atoms with Crippen molar-refractivity contribution >= 4 is 6.09 Å². The molecule has 0 aromatic carbocycles. The van der Waals surface area contributed by atoms with Gasteiger partial charge in [0.05, 0.1) is 0 Å². The van der Waals surface area contributed by atoms with Gasteiger partial charge in [-0.05, 0) is 59.3 Å². The number of hydrogen-bond acceptors (Lipinski definition) is 4. The van der Waals surface area contributed by atoms with Gasteiger partial charge in [0.2, 0.25) is 0 Å². The zero-order valence-electron chi connectivity index (χ0n) is 13.7. The van der Waals surface area contributed by atoms with Gasteiger partial charge in [0.15, 0.2) is 0 Å². The van der Waals surface area contributed by atoms with E-state index < -0.39 is 5.60 Å². The Morgan fingerprint density at radius 3 is 1.76 bits per heavy atom. The summed E-state index contributed by atoms with van der Waals surface area (Å²) in [7, 11) is 0. The Morgan fingerprint density at radius 1 is 0.905 bits per heavy atom. The molecule has 2 aliphatic rings. The van der Waals surface area contributed by atoms with Crippen LogP contribution < -0.4 is 16.0 Å². The van der Waals surface area contributed by atoms with E-state index in [9.17, 15) is 4.79 Å². The maximum atomic E-state index is 11.7. The molecular formula is C16H31N3O2. The first kappa shape index (κ1) is 16.6. The SMILES string of the molecule is CC(C)(C)OC(=O)NC1CCC(NCCNC2CC2)CC1. The molecule has 0 aromatic heterocycles. The summed E-state index contributed by atoms with van der Waals surface area (Å²) in [5, 5.41) is 10.1. The topological polar surface area (TPSA) is 62.4 Å². The molecule has 0 aliphatic heterocycles. The molecule has 21 heavy (non-hydrogen) atoms. The number of nitrogens with one attached hydrogen (secondary N) is 3. The highest BCUT2D eigenvalue weighted by Gasteiger charge is 2.24. The van der Waals surface area contributed by atoms with Crippen molar-refractivity contribution in [3.8, 4) is 0 Å². The molecule has 0 unspecified atom stereocenters. The second-order valence-electron chi connectivity index (χ2n) is 7.38. The third-order valence-electron chi connectivity index (χ3n) is 4.02. The van der Waals surface area contributed by atoms with Crippen LogP contribution in [0.15, 0.2) is 0 Å². The summed E-state index contributed by atoms with van der Waals surface area (Å²) >= 11 is 0. The third-order valence-corrected chi connectivity index (χ3v) is 4.02. The fourth-order valence-electron chi connectivity index (χ4n) is 2.76. The minimum absolute atomic E-state index is 0.266. The second kappa shape index (κ2) is 7.45. The molecule has 0 atom stereocenters. The highest BCUT2D eigenvalue weighted by atomic mass is 16.6. The van der Waals surface area contributed by atoms with Gasteiger partial charge < -0.3 is 20.7 Å². The van der Waals surface area contributed by atoms with E-state index in [0.29, 0.717) is 6.04 Å². The normalized spacial score (nSPS) is 26.4. The molecular weight excluding hydrogens is 266 g/mol. The number of alkyl carbamates (subject to hydrolysis) is 1. The first-order chi connectivity index (χ1) is 9.92. The lowest BCUT2D eigenvalue weighted by Crippen LogP contribution is -2.44. The largest absolute Gasteiger partial charge is 0.444 e. The molecule has 5 nitrogen and oxygen atoms in total. The van der Waals surface area contributed by atoms with Gasteiger partial charge >= 0.3 is 6.09 Å². The Kier molecular flexibility index (Phi) is 5.88. The smallest absolute Gasteiger partial charge is 0.407 e. The van der Waals surface area contributed by atoms with Crippen LogP contribution in [0.2, 0.25) is 0 Å². The van der Waals surface area contributed by atoms with E-state index in [0.717, 1.165) is 44.8 Å². The van der Waals surface area contributed by atoms with Crippen molar-refractivity contribution in [1.29, 1.82) is 0 Å². The van der Waals surface area contributed by atoms with Crippen LogP contribution >= 0.6 is 0 Å². The van der Waals surface area contributed by atoms with E-state index in [4.69, 9.17) is 4.74 Å². The van der Waals surface area contributed by atoms with E-state index >= 15 is 0 Å². The van der Waals surface area contributed by atoms with Crippen LogP contribution in [0.1, 0.15) is 59.3 Å². The lowest BCUT2D eigenvalue weighted by molar-refractivity contribution is 0.0490. The van der Waals surface area contributed by atoms with Gasteiger partial charge in [0.25, 0.3) is 0 Å². The minimum atomic E-state index is -0.419. The van der Waals surface area contributed by atoms with Crippen molar-refractivity contribution in [3.63, 3.8) is 0 Å². The molecule has 0 bridgehead atoms. The van der Waals surface area contributed by atoms with Crippen LogP contribution in [0, 0.1) is 0 Å². The number of ether oxygens (including phenoxy) is 1. The highest BCUT2D eigenvalue weighted by molar-refractivity contribution is 5.68. The lowest BCUT2D eigenvalue weighted by atomic mass is 9.91. The van der Waals surface area contributed by atoms with Crippen LogP contribution in [0.4, 0.5) is 4.79 Å². The lowest BCUT2D eigenvalue weighted by Gasteiger charge is -2.30. The number of carbonyl (C=O) groups is 1. The number of hydrogen-bond donors (Lipinski definition) is 3. The molecule has 1 amide bonds. The predicted molar refractivity (Wildman–Crippen MR) is 84.4 cm³/mol. The van der Waals surface area contributed by atoms with Crippen molar-refractivity contribution in [2.24, 2.45) is 0 Å². The van der Waals surface area contributed by atoms with E-state index in [-0.39, 0.29) is 12.1 Å². The summed E-state index contributed by atoms with van der Waals surface area (Å²) in [6, 6.07) is 1.66. The fourth-order valence-corrected chi connectivity index (χ4v) is 2.76. The van der Waals surface area contributed by atoms with Gasteiger partial charge in [-0.3, -0.25) is 0 Å². The fraction of sp³-hybridized carbons (Fsp3) is 0.938. The van der Waals surface area contributed by atoms with Crippen LogP contribution in [0.5, 0.6) is 0 Å². The van der Waals surface area contributed by atoms with Gasteiger partial charge in [-0.15, -0.1) is 0 Å². The van der Waals surface area contributed by atoms with Gasteiger partial charge in [-0.25, -0.2) is 4.79 Å². The summed E-state index contributed by atoms with van der Waals surface area (Å²) < 4.78 is 5.30. The Morgan fingerprint density at radius 2 is 1.33 bits per heavy atom. The zero-order chi connectivity index (χ0) is 15.3. The van der Waals surface area contributed by atoms with Crippen molar-refractivity contribution < 1.29 is 9.53 Å². The molecule has 0 radical (unpaired) electrons. The monoisotopic (exact) mass is 297 g/mol. The van der Waals surface area contributed by atoms with Crippen LogP contribution in [-0.2, 0) is 4.74 Å². The van der Waals surface area contributed by atoms with E-state index in [1.54, 1.807) is 0 Å². The first-order valence-electron chi connectivity index (χ1n) is 8.38. The Balaban J connectivity index is 1.53. The van der Waals surface area contributed by atoms with Gasteiger partial charge in [0.1, 0.15) is 5.60 Å². The van der Waals surface area contributed by atoms with Gasteiger partial charge in [0, 0.05) is 31.2 Å². The maximum Gasteiger partial charge on any atom is 0.407 e. The number of amides is 1. The van der Waals surface area contributed by atoms with Gasteiger partial charge in [-0.2, -0.15) is 0 Å². The molecule has 2 aliphatic carbocycles. The van der Waals surface area contributed by atoms with Gasteiger partial charge in [-0.1, -0.05) is 0 Å². The summed E-state index contributed by atoms with van der Waals surface area (Å²) in [5.74, 6) is 0. The molecule has 5 heteroatoms. The second-order valence-corrected chi connectivity index (χ2v) is 7.38. The van der Waals surface area contributed by atoms with E-state index in [1.165, 1.54) is 12.8 Å². The predicted octanol–water partition coefficient (Wildman–Crippen LogP) is 2.16. The first-order valence-corrected chi connectivity index (χ1v) is 8.38. The third kappa shape index (κ3) is 7.14. The highest BCUT2D eigenvalue weighted by Crippen LogP contribution is 2.20. The van der Waals surface area contributed by atoms with Crippen LogP contribution in [0.25, 0.3) is 0 Å². The number of rotatable bonds is 6. The molecule has 0 aromatic rings. The minimum Gasteiger partial charge on any atom is -0.444 e. The average molecular weight is 297 g/mol. The summed E-state index contributed by atoms with van der Waals surface area (Å²) in [5.41, 5.74) is -0.419. The molecule has 0 saturated heterocycles. The summed E-state index contributed by atoms with van der Waals surface area (Å²) in [4.78, 5) is 11.7. The maximum absolute atomic E-state index is 11.7. The molecule has 0 heterocycles. The standard InChI is InChI=1S/C16H31N3O2/c1-16(2,3)21-15(20)19-14-8-6-13(7-9-14)18-11-10-17-12-4-5-12/h12-14,17-18H,4-11H2,1-3H3,(H,19,20). The number of carbonyl (C=O) groups excluding carboxylic acids is 1. The molecule has 2 saturated carbocycles. The van der Waals surface area contributed by atoms with Crippen molar-refractivity contribution in [3.05, 3.63) is 0 Å². The van der Waals surface area contributed by atoms with Crippen molar-refractivity contribution in [2.45, 2.75) is 83.0 Å². The molecule has 122 valence electrons. The zero-order valence-corrected chi connectivity index (χ0v) is 13.7. The Hall–Kier alpha value is -0.810.